The van der Waals surface area contributed by atoms with E-state index in [-0.39, 0.29) is 48.4 Å². The minimum atomic E-state index is -1.18. The molecule has 8 heteroatoms. The third kappa shape index (κ3) is 5.53. The van der Waals surface area contributed by atoms with E-state index in [0.29, 0.717) is 27.0 Å². The molecule has 2 aromatic carbocycles. The molecule has 0 bridgehead atoms. The minimum absolute atomic E-state index is 0. The molecular weight excluding hydrogens is 388 g/mol. The molecule has 0 N–H and O–H groups in total. The zero-order valence-corrected chi connectivity index (χ0v) is 17.4. The molecule has 0 spiro atoms. The molecule has 0 atom stereocenters. The maximum Gasteiger partial charge on any atom is 1.00 e. The van der Waals surface area contributed by atoms with Crippen LogP contribution in [0, 0.1) is 5.82 Å². The second kappa shape index (κ2) is 9.48. The molecule has 0 aliphatic heterocycles. The molecule has 0 saturated carbocycles. The van der Waals surface area contributed by atoms with E-state index >= 15 is 0 Å². The predicted molar refractivity (Wildman–Crippen MR) is 92.0 cm³/mol. The van der Waals surface area contributed by atoms with Crippen LogP contribution in [0.4, 0.5) is 4.39 Å². The van der Waals surface area contributed by atoms with E-state index < -0.39 is 5.97 Å². The van der Waals surface area contributed by atoms with Gasteiger partial charge in [-0.15, -0.1) is 11.3 Å². The van der Waals surface area contributed by atoms with E-state index in [2.05, 4.69) is 4.98 Å². The number of rotatable bonds is 6. The molecular formula is C18H12ClFNNaO3S. The largest absolute Gasteiger partial charge is 1.00 e. The molecule has 1 heterocycles. The van der Waals surface area contributed by atoms with Crippen LogP contribution in [0.5, 0.6) is 5.75 Å². The van der Waals surface area contributed by atoms with Crippen LogP contribution >= 0.6 is 22.9 Å². The number of halogens is 2. The van der Waals surface area contributed by atoms with E-state index in [9.17, 15) is 14.3 Å². The molecule has 3 rings (SSSR count). The number of carboxylic acid groups (broad SMARTS) is 1. The van der Waals surface area contributed by atoms with Crippen molar-refractivity contribution in [3.05, 3.63) is 69.9 Å². The first-order valence-corrected chi connectivity index (χ1v) is 8.58. The molecule has 0 aliphatic rings. The zero-order valence-electron chi connectivity index (χ0n) is 13.9. The van der Waals surface area contributed by atoms with Crippen LogP contribution in [0.1, 0.15) is 11.3 Å². The summed E-state index contributed by atoms with van der Waals surface area (Å²) >= 11 is 7.37. The van der Waals surface area contributed by atoms with Gasteiger partial charge in [-0.2, -0.15) is 0 Å². The average Bonchev–Trinajstić information content (AvgIpc) is 3.02. The van der Waals surface area contributed by atoms with Gasteiger partial charge in [-0.3, -0.25) is 0 Å². The average molecular weight is 400 g/mol. The molecule has 3 aromatic rings. The number of nitrogens with zero attached hydrogens (tertiary/aromatic N) is 1. The second-order valence-corrected chi connectivity index (χ2v) is 6.54. The van der Waals surface area contributed by atoms with E-state index in [1.165, 1.54) is 23.5 Å². The summed E-state index contributed by atoms with van der Waals surface area (Å²) in [5.74, 6) is -0.932. The van der Waals surface area contributed by atoms with Crippen LogP contribution in [-0.2, 0) is 17.8 Å². The molecule has 4 nitrogen and oxygen atoms in total. The number of benzene rings is 2. The summed E-state index contributed by atoms with van der Waals surface area (Å²) in [4.78, 5) is 15.0. The number of ether oxygens (including phenoxy) is 1. The number of aliphatic carboxylic acids is 1. The van der Waals surface area contributed by atoms with Crippen LogP contribution < -0.4 is 39.4 Å². The summed E-state index contributed by atoms with van der Waals surface area (Å²) < 4.78 is 18.8. The van der Waals surface area contributed by atoms with E-state index in [1.807, 2.05) is 0 Å². The third-order valence-electron chi connectivity index (χ3n) is 3.36. The van der Waals surface area contributed by atoms with E-state index in [1.54, 1.807) is 35.7 Å². The normalized spacial score (nSPS) is 10.2. The fourth-order valence-corrected chi connectivity index (χ4v) is 3.21. The first-order valence-electron chi connectivity index (χ1n) is 7.32. The van der Waals surface area contributed by atoms with Crippen molar-refractivity contribution in [2.45, 2.75) is 13.0 Å². The van der Waals surface area contributed by atoms with Gasteiger partial charge in [0.05, 0.1) is 11.3 Å². The van der Waals surface area contributed by atoms with Gasteiger partial charge in [-0.05, 0) is 35.9 Å². The molecule has 0 amide bonds. The Balaban J connectivity index is 0.00000243. The Labute approximate surface area is 180 Å². The van der Waals surface area contributed by atoms with Gasteiger partial charge in [-0.1, -0.05) is 23.7 Å². The Bertz CT molecular complexity index is 902. The summed E-state index contributed by atoms with van der Waals surface area (Å²) in [6, 6.07) is 11.2. The van der Waals surface area contributed by atoms with E-state index in [4.69, 9.17) is 16.3 Å². The van der Waals surface area contributed by atoms with Crippen LogP contribution in [0.2, 0.25) is 5.02 Å². The molecule has 0 radical (unpaired) electrons. The maximum atomic E-state index is 13.0. The molecule has 0 saturated heterocycles. The number of carboxylic acids is 1. The van der Waals surface area contributed by atoms with Crippen LogP contribution in [-0.4, -0.2) is 11.0 Å². The Morgan fingerprint density at radius 3 is 2.65 bits per heavy atom. The summed E-state index contributed by atoms with van der Waals surface area (Å²) in [5.41, 5.74) is 1.91. The van der Waals surface area contributed by atoms with Gasteiger partial charge in [0.15, 0.2) is 0 Å². The first kappa shape index (κ1) is 20.9. The van der Waals surface area contributed by atoms with Crippen molar-refractivity contribution in [1.29, 1.82) is 0 Å². The zero-order chi connectivity index (χ0) is 17.8. The quantitative estimate of drug-likeness (QED) is 0.566. The summed E-state index contributed by atoms with van der Waals surface area (Å²) in [6.45, 7) is 0.256. The molecule has 0 unspecified atom stereocenters. The number of thiazole rings is 1. The number of carbonyl (C=O) groups excluding carboxylic acids is 1. The Hall–Kier alpha value is -1.44. The van der Waals surface area contributed by atoms with Crippen LogP contribution in [0.3, 0.4) is 0 Å². The van der Waals surface area contributed by atoms with Crippen molar-refractivity contribution in [3.8, 4) is 16.3 Å². The predicted octanol–water partition coefficient (Wildman–Crippen LogP) is 0.478. The fraction of sp³-hybridized carbons (Fsp3) is 0.111. The van der Waals surface area contributed by atoms with Gasteiger partial charge in [0.25, 0.3) is 0 Å². The third-order valence-corrected chi connectivity index (χ3v) is 4.52. The van der Waals surface area contributed by atoms with Gasteiger partial charge >= 0.3 is 29.6 Å². The van der Waals surface area contributed by atoms with Crippen molar-refractivity contribution in [1.82, 2.24) is 4.98 Å². The molecule has 0 aliphatic carbocycles. The minimum Gasteiger partial charge on any atom is -0.550 e. The monoisotopic (exact) mass is 399 g/mol. The summed E-state index contributed by atoms with van der Waals surface area (Å²) in [7, 11) is 0. The van der Waals surface area contributed by atoms with Gasteiger partial charge < -0.3 is 14.6 Å². The SMILES string of the molecule is O=C([O-])Cc1csc(-c2cc(Cl)ccc2OCc2ccc(F)cc2)n1.[Na+]. The molecule has 26 heavy (non-hydrogen) atoms. The van der Waals surface area contributed by atoms with Crippen LogP contribution in [0.25, 0.3) is 10.6 Å². The number of aromatic nitrogens is 1. The van der Waals surface area contributed by atoms with Gasteiger partial charge in [0.2, 0.25) is 0 Å². The molecule has 1 aromatic heterocycles. The Morgan fingerprint density at radius 2 is 1.96 bits per heavy atom. The first-order chi connectivity index (χ1) is 12.0. The summed E-state index contributed by atoms with van der Waals surface area (Å²) in [6.07, 6.45) is -0.247. The smallest absolute Gasteiger partial charge is 0.550 e. The Kier molecular flexibility index (Phi) is 7.61. The van der Waals surface area contributed by atoms with Crippen LogP contribution in [0.15, 0.2) is 47.8 Å². The number of hydrogen-bond acceptors (Lipinski definition) is 5. The van der Waals surface area contributed by atoms with Gasteiger partial charge in [0, 0.05) is 22.8 Å². The van der Waals surface area contributed by atoms with Crippen molar-refractivity contribution in [2.24, 2.45) is 0 Å². The topological polar surface area (TPSA) is 62.2 Å². The van der Waals surface area contributed by atoms with Gasteiger partial charge in [-0.25, -0.2) is 9.37 Å². The van der Waals surface area contributed by atoms with Crippen molar-refractivity contribution in [2.75, 3.05) is 0 Å². The number of hydrogen-bond donors (Lipinski definition) is 0. The van der Waals surface area contributed by atoms with Gasteiger partial charge in [0.1, 0.15) is 23.2 Å². The molecule has 0 fully saturated rings. The number of carbonyl (C=O) groups is 1. The molecule has 128 valence electrons. The fourth-order valence-electron chi connectivity index (χ4n) is 2.20. The second-order valence-electron chi connectivity index (χ2n) is 5.25. The van der Waals surface area contributed by atoms with E-state index in [0.717, 1.165) is 5.56 Å². The van der Waals surface area contributed by atoms with Crippen molar-refractivity contribution in [3.63, 3.8) is 0 Å². The standard InChI is InChI=1S/C18H13ClFNO3S.Na/c19-12-3-6-16(24-9-11-1-4-13(20)5-2-11)15(7-12)18-21-14(10-25-18)8-17(22)23;/h1-7,10H,8-9H2,(H,22,23);/q;+1/p-1. The Morgan fingerprint density at radius 1 is 1.23 bits per heavy atom. The van der Waals surface area contributed by atoms with Crippen molar-refractivity contribution < 1.29 is 48.6 Å². The van der Waals surface area contributed by atoms with Crippen molar-refractivity contribution >= 4 is 28.9 Å². The summed E-state index contributed by atoms with van der Waals surface area (Å²) in [5, 5.41) is 13.5. The maximum absolute atomic E-state index is 13.0.